The fourth-order valence-electron chi connectivity index (χ4n) is 1.75. The fourth-order valence-corrected chi connectivity index (χ4v) is 1.75. The highest BCUT2D eigenvalue weighted by atomic mass is 16.5. The first kappa shape index (κ1) is 12.0. The van der Waals surface area contributed by atoms with Gasteiger partial charge in [0, 0.05) is 6.54 Å². The first-order chi connectivity index (χ1) is 6.53. The molecular weight excluding hydrogens is 178 g/mol. The number of ether oxygens (including phenoxy) is 1. The van der Waals surface area contributed by atoms with Gasteiger partial charge in [-0.2, -0.15) is 0 Å². The van der Waals surface area contributed by atoms with Gasteiger partial charge in [0.05, 0.1) is 18.3 Å². The predicted octanol–water partition coefficient (Wildman–Crippen LogP) is 1.29. The first-order valence-electron chi connectivity index (χ1n) is 5.57. The summed E-state index contributed by atoms with van der Waals surface area (Å²) in [5.41, 5.74) is 4.56. The molecule has 0 saturated heterocycles. The molecule has 1 unspecified atom stereocenters. The van der Waals surface area contributed by atoms with Crippen molar-refractivity contribution >= 4 is 0 Å². The van der Waals surface area contributed by atoms with Crippen molar-refractivity contribution in [2.45, 2.75) is 51.2 Å². The molecule has 1 saturated carbocycles. The van der Waals surface area contributed by atoms with Gasteiger partial charge in [-0.3, -0.25) is 0 Å². The summed E-state index contributed by atoms with van der Waals surface area (Å²) in [5.74, 6) is 0.838. The molecule has 0 spiro atoms. The highest BCUT2D eigenvalue weighted by molar-refractivity contribution is 4.75. The van der Waals surface area contributed by atoms with Crippen LogP contribution in [-0.2, 0) is 4.74 Å². The Kier molecular flexibility index (Phi) is 4.35. The van der Waals surface area contributed by atoms with Crippen molar-refractivity contribution in [3.05, 3.63) is 0 Å². The SMILES string of the molecule is CC1CCC(OCC(C)(O)CN)CC1. The molecule has 1 aliphatic rings. The van der Waals surface area contributed by atoms with Gasteiger partial charge < -0.3 is 15.6 Å². The smallest absolute Gasteiger partial charge is 0.0973 e. The van der Waals surface area contributed by atoms with Crippen molar-refractivity contribution in [2.24, 2.45) is 11.7 Å². The molecule has 0 aromatic carbocycles. The van der Waals surface area contributed by atoms with E-state index >= 15 is 0 Å². The summed E-state index contributed by atoms with van der Waals surface area (Å²) in [6.45, 7) is 4.63. The van der Waals surface area contributed by atoms with Crippen LogP contribution in [0.15, 0.2) is 0 Å². The second-order valence-corrected chi connectivity index (χ2v) is 4.89. The van der Waals surface area contributed by atoms with Gasteiger partial charge in [-0.05, 0) is 38.5 Å². The van der Waals surface area contributed by atoms with Gasteiger partial charge >= 0.3 is 0 Å². The molecule has 0 amide bonds. The standard InChI is InChI=1S/C11H23NO2/c1-9-3-5-10(6-4-9)14-8-11(2,13)7-12/h9-10,13H,3-8,12H2,1-2H3. The molecule has 0 aromatic heterocycles. The molecule has 1 fully saturated rings. The zero-order chi connectivity index (χ0) is 10.6. The lowest BCUT2D eigenvalue weighted by Crippen LogP contribution is -2.40. The Morgan fingerprint density at radius 2 is 1.93 bits per heavy atom. The number of nitrogens with two attached hydrogens (primary N) is 1. The summed E-state index contributed by atoms with van der Waals surface area (Å²) < 4.78 is 5.66. The number of hydrogen-bond donors (Lipinski definition) is 2. The molecule has 0 aliphatic heterocycles. The van der Waals surface area contributed by atoms with E-state index in [0.29, 0.717) is 12.7 Å². The van der Waals surface area contributed by atoms with E-state index in [0.717, 1.165) is 18.8 Å². The van der Waals surface area contributed by atoms with Crippen LogP contribution in [-0.4, -0.2) is 30.0 Å². The summed E-state index contributed by atoms with van der Waals surface area (Å²) in [4.78, 5) is 0. The molecule has 3 N–H and O–H groups in total. The van der Waals surface area contributed by atoms with Gasteiger partial charge in [0.1, 0.15) is 0 Å². The topological polar surface area (TPSA) is 55.5 Å². The maximum Gasteiger partial charge on any atom is 0.0973 e. The predicted molar refractivity (Wildman–Crippen MR) is 57.1 cm³/mol. The van der Waals surface area contributed by atoms with Gasteiger partial charge in [0.25, 0.3) is 0 Å². The van der Waals surface area contributed by atoms with Gasteiger partial charge in [-0.1, -0.05) is 6.92 Å². The van der Waals surface area contributed by atoms with Crippen molar-refractivity contribution in [1.82, 2.24) is 0 Å². The highest BCUT2D eigenvalue weighted by Crippen LogP contribution is 2.25. The van der Waals surface area contributed by atoms with E-state index in [1.807, 2.05) is 0 Å². The van der Waals surface area contributed by atoms with Gasteiger partial charge in [0.2, 0.25) is 0 Å². The van der Waals surface area contributed by atoms with Gasteiger partial charge in [0.15, 0.2) is 0 Å². The third-order valence-electron chi connectivity index (χ3n) is 3.03. The van der Waals surface area contributed by atoms with E-state index in [-0.39, 0.29) is 6.54 Å². The number of aliphatic hydroxyl groups is 1. The van der Waals surface area contributed by atoms with Crippen LogP contribution < -0.4 is 5.73 Å². The molecule has 1 atom stereocenters. The van der Waals surface area contributed by atoms with Crippen molar-refractivity contribution in [2.75, 3.05) is 13.2 Å². The van der Waals surface area contributed by atoms with Crippen LogP contribution >= 0.6 is 0 Å². The van der Waals surface area contributed by atoms with Crippen LogP contribution in [0.5, 0.6) is 0 Å². The lowest BCUT2D eigenvalue weighted by molar-refractivity contribution is -0.0696. The Bertz CT molecular complexity index is 163. The molecule has 1 aliphatic carbocycles. The number of hydrogen-bond acceptors (Lipinski definition) is 3. The molecule has 84 valence electrons. The molecular formula is C11H23NO2. The van der Waals surface area contributed by atoms with Crippen LogP contribution in [0, 0.1) is 5.92 Å². The van der Waals surface area contributed by atoms with E-state index in [1.165, 1.54) is 12.8 Å². The Balaban J connectivity index is 2.19. The average molecular weight is 201 g/mol. The molecule has 1 rings (SSSR count). The van der Waals surface area contributed by atoms with Crippen molar-refractivity contribution in [1.29, 1.82) is 0 Å². The zero-order valence-corrected chi connectivity index (χ0v) is 9.33. The minimum absolute atomic E-state index is 0.260. The highest BCUT2D eigenvalue weighted by Gasteiger charge is 2.23. The molecule has 0 aromatic rings. The first-order valence-corrected chi connectivity index (χ1v) is 5.57. The summed E-state index contributed by atoms with van der Waals surface area (Å²) in [7, 11) is 0. The lowest BCUT2D eigenvalue weighted by atomic mass is 9.89. The van der Waals surface area contributed by atoms with Crippen molar-refractivity contribution < 1.29 is 9.84 Å². The van der Waals surface area contributed by atoms with E-state index < -0.39 is 5.60 Å². The average Bonchev–Trinajstić information content (AvgIpc) is 2.17. The van der Waals surface area contributed by atoms with Gasteiger partial charge in [-0.15, -0.1) is 0 Å². The largest absolute Gasteiger partial charge is 0.386 e. The minimum Gasteiger partial charge on any atom is -0.386 e. The fraction of sp³-hybridized carbons (Fsp3) is 1.00. The molecule has 0 bridgehead atoms. The van der Waals surface area contributed by atoms with E-state index in [2.05, 4.69) is 6.92 Å². The molecule has 3 heteroatoms. The van der Waals surface area contributed by atoms with Crippen molar-refractivity contribution in [3.8, 4) is 0 Å². The van der Waals surface area contributed by atoms with E-state index in [9.17, 15) is 5.11 Å². The quantitative estimate of drug-likeness (QED) is 0.720. The third kappa shape index (κ3) is 3.95. The lowest BCUT2D eigenvalue weighted by Gasteiger charge is -2.29. The van der Waals surface area contributed by atoms with Crippen molar-refractivity contribution in [3.63, 3.8) is 0 Å². The molecule has 0 heterocycles. The summed E-state index contributed by atoms with van der Waals surface area (Å²) in [6.07, 6.45) is 5.08. The minimum atomic E-state index is -0.858. The Morgan fingerprint density at radius 3 is 2.43 bits per heavy atom. The Morgan fingerprint density at radius 1 is 1.36 bits per heavy atom. The van der Waals surface area contributed by atoms with Crippen LogP contribution in [0.4, 0.5) is 0 Å². The normalized spacial score (nSPS) is 32.6. The van der Waals surface area contributed by atoms with Crippen LogP contribution in [0.3, 0.4) is 0 Å². The molecule has 0 radical (unpaired) electrons. The third-order valence-corrected chi connectivity index (χ3v) is 3.03. The second-order valence-electron chi connectivity index (χ2n) is 4.89. The number of rotatable bonds is 4. The Labute approximate surface area is 86.6 Å². The maximum absolute atomic E-state index is 9.66. The maximum atomic E-state index is 9.66. The molecule has 14 heavy (non-hydrogen) atoms. The summed E-state index contributed by atoms with van der Waals surface area (Å²) in [5, 5.41) is 9.66. The Hall–Kier alpha value is -0.120. The van der Waals surface area contributed by atoms with Gasteiger partial charge in [-0.25, -0.2) is 0 Å². The van der Waals surface area contributed by atoms with Crippen LogP contribution in [0.1, 0.15) is 39.5 Å². The second kappa shape index (κ2) is 5.10. The summed E-state index contributed by atoms with van der Waals surface area (Å²) >= 11 is 0. The van der Waals surface area contributed by atoms with E-state index in [4.69, 9.17) is 10.5 Å². The van der Waals surface area contributed by atoms with E-state index in [1.54, 1.807) is 6.92 Å². The zero-order valence-electron chi connectivity index (χ0n) is 9.33. The molecule has 3 nitrogen and oxygen atoms in total. The van der Waals surface area contributed by atoms with Crippen LogP contribution in [0.2, 0.25) is 0 Å². The summed E-state index contributed by atoms with van der Waals surface area (Å²) in [6, 6.07) is 0. The van der Waals surface area contributed by atoms with Crippen LogP contribution in [0.25, 0.3) is 0 Å². The monoisotopic (exact) mass is 201 g/mol.